The quantitative estimate of drug-likeness (QED) is 0.239. The van der Waals surface area contributed by atoms with E-state index >= 15 is 0 Å². The lowest BCUT2D eigenvalue weighted by molar-refractivity contribution is -0.132. The first-order valence-electron chi connectivity index (χ1n) is 12.1. The van der Waals surface area contributed by atoms with Crippen LogP contribution in [-0.2, 0) is 9.59 Å². The number of aryl methyl sites for hydroxylation is 1. The minimum absolute atomic E-state index is 0.0422. The molecule has 3 aromatic rings. The van der Waals surface area contributed by atoms with Crippen LogP contribution in [0.5, 0.6) is 11.5 Å². The summed E-state index contributed by atoms with van der Waals surface area (Å²) in [6, 6.07) is 20.7. The number of aliphatic hydroxyl groups excluding tert-OH is 1. The molecule has 6 nitrogen and oxygen atoms in total. The lowest BCUT2D eigenvalue weighted by atomic mass is 9.95. The third kappa shape index (κ3) is 5.13. The van der Waals surface area contributed by atoms with E-state index in [0.717, 1.165) is 5.56 Å². The molecule has 0 bridgehead atoms. The first-order chi connectivity index (χ1) is 17.3. The SMILES string of the molecule is CCOc1ccc(/C(O)=C2\C(=O)C(=O)N(c3ccc(C)cc3)C2c2ccc(OCC(C)C)cc2)cc1. The Morgan fingerprint density at radius 3 is 2.06 bits per heavy atom. The van der Waals surface area contributed by atoms with Gasteiger partial charge in [0.1, 0.15) is 17.3 Å². The van der Waals surface area contributed by atoms with Crippen LogP contribution in [0.15, 0.2) is 78.4 Å². The number of benzene rings is 3. The molecule has 1 aliphatic rings. The summed E-state index contributed by atoms with van der Waals surface area (Å²) in [5, 5.41) is 11.3. The van der Waals surface area contributed by atoms with Crippen molar-refractivity contribution < 1.29 is 24.2 Å². The maximum Gasteiger partial charge on any atom is 0.300 e. The largest absolute Gasteiger partial charge is 0.507 e. The summed E-state index contributed by atoms with van der Waals surface area (Å²) in [5.41, 5.74) is 2.79. The highest BCUT2D eigenvalue weighted by Crippen LogP contribution is 2.42. The van der Waals surface area contributed by atoms with Crippen LogP contribution in [0, 0.1) is 12.8 Å². The van der Waals surface area contributed by atoms with Gasteiger partial charge in [-0.2, -0.15) is 0 Å². The standard InChI is InChI=1S/C30H31NO5/c1-5-35-24-16-10-22(11-17-24)28(32)26-27(21-8-14-25(15-9-21)36-18-19(2)3)31(30(34)29(26)33)23-12-6-20(4)7-13-23/h6-17,19,27,32H,5,18H2,1-4H3/b28-26+. The first-order valence-corrected chi connectivity index (χ1v) is 12.1. The van der Waals surface area contributed by atoms with Gasteiger partial charge in [-0.15, -0.1) is 0 Å². The molecule has 0 radical (unpaired) electrons. The number of carbonyl (C=O) groups is 2. The molecule has 1 amide bonds. The summed E-state index contributed by atoms with van der Waals surface area (Å²) in [4.78, 5) is 28.1. The fraction of sp³-hybridized carbons (Fsp3) is 0.267. The van der Waals surface area contributed by atoms with Crippen molar-refractivity contribution in [2.24, 2.45) is 5.92 Å². The van der Waals surface area contributed by atoms with Crippen LogP contribution in [0.25, 0.3) is 5.76 Å². The molecule has 0 aliphatic carbocycles. The molecule has 3 aromatic carbocycles. The van der Waals surface area contributed by atoms with Crippen molar-refractivity contribution in [1.29, 1.82) is 0 Å². The van der Waals surface area contributed by atoms with E-state index in [-0.39, 0.29) is 11.3 Å². The van der Waals surface area contributed by atoms with Crippen LogP contribution in [0.3, 0.4) is 0 Å². The third-order valence-electron chi connectivity index (χ3n) is 5.97. The summed E-state index contributed by atoms with van der Waals surface area (Å²) in [6.45, 7) is 9.09. The van der Waals surface area contributed by atoms with E-state index in [1.54, 1.807) is 24.3 Å². The molecule has 1 saturated heterocycles. The molecular weight excluding hydrogens is 454 g/mol. The van der Waals surface area contributed by atoms with Crippen LogP contribution in [0.1, 0.15) is 43.5 Å². The van der Waals surface area contributed by atoms with Gasteiger partial charge in [-0.25, -0.2) is 0 Å². The van der Waals surface area contributed by atoms with Gasteiger partial charge < -0.3 is 14.6 Å². The van der Waals surface area contributed by atoms with E-state index in [1.165, 1.54) is 4.90 Å². The number of Topliss-reactive ketones (excluding diaryl/α,β-unsaturated/α-hetero) is 1. The normalized spacial score (nSPS) is 17.0. The second kappa shape index (κ2) is 10.7. The van der Waals surface area contributed by atoms with Gasteiger partial charge in [-0.1, -0.05) is 43.7 Å². The number of rotatable bonds is 8. The minimum atomic E-state index is -0.793. The topological polar surface area (TPSA) is 76.1 Å². The average Bonchev–Trinajstić information content (AvgIpc) is 3.14. The van der Waals surface area contributed by atoms with Crippen molar-refractivity contribution in [3.05, 3.63) is 95.1 Å². The summed E-state index contributed by atoms with van der Waals surface area (Å²) in [5.74, 6) is 0.0982. The van der Waals surface area contributed by atoms with Gasteiger partial charge >= 0.3 is 0 Å². The number of aliphatic hydroxyl groups is 1. The molecule has 1 unspecified atom stereocenters. The van der Waals surface area contributed by atoms with Crippen LogP contribution < -0.4 is 14.4 Å². The Kier molecular flexibility index (Phi) is 7.44. The highest BCUT2D eigenvalue weighted by atomic mass is 16.5. The molecule has 1 heterocycles. The predicted molar refractivity (Wildman–Crippen MR) is 140 cm³/mol. The zero-order valence-electron chi connectivity index (χ0n) is 21.0. The van der Waals surface area contributed by atoms with Crippen molar-refractivity contribution >= 4 is 23.1 Å². The molecule has 0 aromatic heterocycles. The first kappa shape index (κ1) is 25.0. The number of amides is 1. The molecule has 1 aliphatic heterocycles. The second-order valence-corrected chi connectivity index (χ2v) is 9.24. The summed E-state index contributed by atoms with van der Waals surface area (Å²) in [6.07, 6.45) is 0. The fourth-order valence-corrected chi connectivity index (χ4v) is 4.16. The van der Waals surface area contributed by atoms with Crippen LogP contribution in [-0.4, -0.2) is 30.0 Å². The van der Waals surface area contributed by atoms with Crippen molar-refractivity contribution in [3.63, 3.8) is 0 Å². The Bertz CT molecular complexity index is 1260. The van der Waals surface area contributed by atoms with Gasteiger partial charge in [0.05, 0.1) is 24.8 Å². The molecule has 36 heavy (non-hydrogen) atoms. The van der Waals surface area contributed by atoms with E-state index in [1.807, 2.05) is 62.4 Å². The molecule has 1 atom stereocenters. The van der Waals surface area contributed by atoms with Gasteiger partial charge in [0.15, 0.2) is 0 Å². The maximum absolute atomic E-state index is 13.3. The van der Waals surface area contributed by atoms with Gasteiger partial charge in [-0.3, -0.25) is 14.5 Å². The summed E-state index contributed by atoms with van der Waals surface area (Å²) < 4.78 is 11.3. The third-order valence-corrected chi connectivity index (χ3v) is 5.97. The number of ketones is 1. The van der Waals surface area contributed by atoms with Crippen LogP contribution in [0.2, 0.25) is 0 Å². The number of hydrogen-bond acceptors (Lipinski definition) is 5. The number of hydrogen-bond donors (Lipinski definition) is 1. The summed E-state index contributed by atoms with van der Waals surface area (Å²) in [7, 11) is 0. The number of ether oxygens (including phenoxy) is 2. The van der Waals surface area contributed by atoms with Crippen molar-refractivity contribution in [2.45, 2.75) is 33.7 Å². The Morgan fingerprint density at radius 1 is 0.889 bits per heavy atom. The van der Waals surface area contributed by atoms with E-state index in [9.17, 15) is 14.7 Å². The number of carbonyl (C=O) groups excluding carboxylic acids is 2. The molecule has 4 rings (SSSR count). The lowest BCUT2D eigenvalue weighted by Crippen LogP contribution is -2.29. The van der Waals surface area contributed by atoms with Crippen molar-refractivity contribution in [1.82, 2.24) is 0 Å². The Morgan fingerprint density at radius 2 is 1.47 bits per heavy atom. The molecule has 6 heteroatoms. The van der Waals surface area contributed by atoms with Crippen molar-refractivity contribution in [2.75, 3.05) is 18.1 Å². The average molecular weight is 486 g/mol. The van der Waals surface area contributed by atoms with Crippen molar-refractivity contribution in [3.8, 4) is 11.5 Å². The Balaban J connectivity index is 1.81. The van der Waals surface area contributed by atoms with Crippen LogP contribution in [0.4, 0.5) is 5.69 Å². The van der Waals surface area contributed by atoms with E-state index in [4.69, 9.17) is 9.47 Å². The maximum atomic E-state index is 13.3. The highest BCUT2D eigenvalue weighted by molar-refractivity contribution is 6.51. The number of nitrogens with zero attached hydrogens (tertiary/aromatic N) is 1. The highest BCUT2D eigenvalue weighted by Gasteiger charge is 2.46. The number of anilines is 1. The van der Waals surface area contributed by atoms with Crippen LogP contribution >= 0.6 is 0 Å². The minimum Gasteiger partial charge on any atom is -0.507 e. The van der Waals surface area contributed by atoms with Gasteiger partial charge in [-0.05, 0) is 73.9 Å². The van der Waals surface area contributed by atoms with E-state index in [2.05, 4.69) is 13.8 Å². The zero-order chi connectivity index (χ0) is 25.8. The summed E-state index contributed by atoms with van der Waals surface area (Å²) >= 11 is 0. The van der Waals surface area contributed by atoms with Gasteiger partial charge in [0, 0.05) is 11.3 Å². The zero-order valence-corrected chi connectivity index (χ0v) is 21.0. The Labute approximate surface area is 211 Å². The van der Waals surface area contributed by atoms with Gasteiger partial charge in [0.25, 0.3) is 11.7 Å². The molecule has 1 N–H and O–H groups in total. The van der Waals surface area contributed by atoms with Gasteiger partial charge in [0.2, 0.25) is 0 Å². The fourth-order valence-electron chi connectivity index (χ4n) is 4.16. The second-order valence-electron chi connectivity index (χ2n) is 9.24. The van der Waals surface area contributed by atoms with E-state index in [0.29, 0.717) is 47.4 Å². The lowest BCUT2D eigenvalue weighted by Gasteiger charge is -2.25. The molecule has 186 valence electrons. The smallest absolute Gasteiger partial charge is 0.300 e. The van der Waals surface area contributed by atoms with E-state index < -0.39 is 17.7 Å². The molecule has 1 fully saturated rings. The Hall–Kier alpha value is -4.06. The molecule has 0 saturated carbocycles. The predicted octanol–water partition coefficient (Wildman–Crippen LogP) is 6.05. The molecule has 0 spiro atoms. The molecular formula is C30H31NO5. The monoisotopic (exact) mass is 485 g/mol.